The first-order valence-electron chi connectivity index (χ1n) is 8.06. The predicted molar refractivity (Wildman–Crippen MR) is 94.6 cm³/mol. The molecule has 1 aliphatic rings. The highest BCUT2D eigenvalue weighted by atomic mass is 35.5. The summed E-state index contributed by atoms with van der Waals surface area (Å²) in [5.74, 6) is 1.50. The van der Waals surface area contributed by atoms with Crippen molar-refractivity contribution in [2.75, 3.05) is 40.4 Å². The van der Waals surface area contributed by atoms with Crippen LogP contribution in [0.5, 0.6) is 5.75 Å². The average molecular weight is 354 g/mol. The minimum atomic E-state index is -0.117. The van der Waals surface area contributed by atoms with Crippen molar-refractivity contribution in [2.45, 2.75) is 12.8 Å². The van der Waals surface area contributed by atoms with Crippen molar-refractivity contribution in [1.82, 2.24) is 10.2 Å². The largest absolute Gasteiger partial charge is 0.492 e. The van der Waals surface area contributed by atoms with E-state index in [-0.39, 0.29) is 11.9 Å². The van der Waals surface area contributed by atoms with Gasteiger partial charge in [-0.05, 0) is 37.1 Å². The van der Waals surface area contributed by atoms with Gasteiger partial charge in [-0.1, -0.05) is 11.6 Å². The lowest BCUT2D eigenvalue weighted by atomic mass is 9.97. The topological polar surface area (TPSA) is 63.2 Å². The zero-order valence-corrected chi connectivity index (χ0v) is 14.9. The van der Waals surface area contributed by atoms with Crippen molar-refractivity contribution in [2.24, 2.45) is 10.9 Å². The Morgan fingerprint density at radius 2 is 2.00 bits per heavy atom. The fraction of sp³-hybridized carbons (Fsp3) is 0.529. The van der Waals surface area contributed by atoms with E-state index in [4.69, 9.17) is 21.1 Å². The average Bonchev–Trinajstić information content (AvgIpc) is 2.63. The van der Waals surface area contributed by atoms with Crippen LogP contribution in [0.4, 0.5) is 0 Å². The van der Waals surface area contributed by atoms with E-state index in [0.29, 0.717) is 18.2 Å². The Balaban J connectivity index is 1.71. The minimum absolute atomic E-state index is 0.00223. The number of benzene rings is 1. The number of nitrogens with zero attached hydrogens (tertiary/aromatic N) is 2. The maximum atomic E-state index is 11.6. The van der Waals surface area contributed by atoms with E-state index in [2.05, 4.69) is 15.2 Å². The summed E-state index contributed by atoms with van der Waals surface area (Å²) in [5, 5.41) is 3.98. The molecule has 1 aromatic rings. The zero-order valence-electron chi connectivity index (χ0n) is 14.1. The number of guanidine groups is 1. The van der Waals surface area contributed by atoms with Crippen molar-refractivity contribution in [3.05, 3.63) is 29.3 Å². The lowest BCUT2D eigenvalue weighted by Gasteiger charge is -2.33. The molecule has 1 N–H and O–H groups in total. The van der Waals surface area contributed by atoms with Crippen molar-refractivity contribution >= 4 is 23.5 Å². The first kappa shape index (κ1) is 18.4. The molecule has 0 aliphatic carbocycles. The molecule has 7 heteroatoms. The number of carbonyl (C=O) groups is 1. The van der Waals surface area contributed by atoms with Gasteiger partial charge in [0.05, 0.1) is 19.6 Å². The number of aliphatic imine (C=N–C) groups is 1. The van der Waals surface area contributed by atoms with E-state index >= 15 is 0 Å². The maximum absolute atomic E-state index is 11.6. The van der Waals surface area contributed by atoms with Crippen LogP contribution in [0.25, 0.3) is 0 Å². The first-order chi connectivity index (χ1) is 11.6. The van der Waals surface area contributed by atoms with Gasteiger partial charge < -0.3 is 19.7 Å². The lowest BCUT2D eigenvalue weighted by molar-refractivity contribution is -0.146. The molecule has 6 nitrogen and oxygen atoms in total. The molecule has 24 heavy (non-hydrogen) atoms. The number of carbonyl (C=O) groups excluding carboxylic acids is 1. The Morgan fingerprint density at radius 1 is 1.33 bits per heavy atom. The molecular weight excluding hydrogens is 330 g/mol. The Bertz CT molecular complexity index is 555. The highest BCUT2D eigenvalue weighted by Crippen LogP contribution is 2.18. The molecule has 1 saturated heterocycles. The number of esters is 1. The number of piperidine rings is 1. The van der Waals surface area contributed by atoms with E-state index in [1.165, 1.54) is 7.11 Å². The highest BCUT2D eigenvalue weighted by Gasteiger charge is 2.26. The monoisotopic (exact) mass is 353 g/mol. The van der Waals surface area contributed by atoms with E-state index in [9.17, 15) is 4.79 Å². The molecule has 0 saturated carbocycles. The third-order valence-corrected chi connectivity index (χ3v) is 4.26. The smallest absolute Gasteiger partial charge is 0.308 e. The number of halogens is 1. The summed E-state index contributed by atoms with van der Waals surface area (Å²) in [4.78, 5) is 18.0. The summed E-state index contributed by atoms with van der Waals surface area (Å²) in [6, 6.07) is 7.28. The normalized spacial score (nSPS) is 16.0. The van der Waals surface area contributed by atoms with Crippen molar-refractivity contribution in [3.8, 4) is 5.75 Å². The first-order valence-corrected chi connectivity index (χ1v) is 8.43. The number of rotatable bonds is 5. The van der Waals surface area contributed by atoms with Crippen molar-refractivity contribution in [1.29, 1.82) is 0 Å². The molecule has 1 aliphatic heterocycles. The summed E-state index contributed by atoms with van der Waals surface area (Å²) in [5.41, 5.74) is 0. The number of hydrogen-bond acceptors (Lipinski definition) is 4. The molecule has 0 atom stereocenters. The van der Waals surface area contributed by atoms with Crippen LogP contribution in [0.2, 0.25) is 5.02 Å². The van der Waals surface area contributed by atoms with Gasteiger partial charge in [0.15, 0.2) is 5.96 Å². The number of ether oxygens (including phenoxy) is 2. The van der Waals surface area contributed by atoms with Gasteiger partial charge in [-0.2, -0.15) is 0 Å². The number of hydrogen-bond donors (Lipinski definition) is 1. The van der Waals surface area contributed by atoms with Gasteiger partial charge in [0.2, 0.25) is 0 Å². The molecule has 1 heterocycles. The Labute approximate surface area is 147 Å². The van der Waals surface area contributed by atoms with Crippen LogP contribution in [-0.4, -0.2) is 57.2 Å². The van der Waals surface area contributed by atoms with Crippen LogP contribution in [0, 0.1) is 5.92 Å². The van der Waals surface area contributed by atoms with Crippen molar-refractivity contribution < 1.29 is 14.3 Å². The second-order valence-corrected chi connectivity index (χ2v) is 6.00. The Hall–Kier alpha value is -1.95. The van der Waals surface area contributed by atoms with E-state index in [1.54, 1.807) is 19.2 Å². The summed E-state index contributed by atoms with van der Waals surface area (Å²) < 4.78 is 10.5. The third kappa shape index (κ3) is 5.30. The molecule has 0 aromatic heterocycles. The molecule has 0 amide bonds. The second-order valence-electron chi connectivity index (χ2n) is 5.56. The van der Waals surface area contributed by atoms with Gasteiger partial charge in [-0.25, -0.2) is 0 Å². The molecule has 0 bridgehead atoms. The molecule has 2 rings (SSSR count). The minimum Gasteiger partial charge on any atom is -0.492 e. The molecule has 1 aromatic carbocycles. The Morgan fingerprint density at radius 3 is 2.58 bits per heavy atom. The van der Waals surface area contributed by atoms with Gasteiger partial charge in [0.25, 0.3) is 0 Å². The summed E-state index contributed by atoms with van der Waals surface area (Å²) in [6.45, 7) is 2.75. The van der Waals surface area contributed by atoms with Crippen LogP contribution in [0.15, 0.2) is 29.3 Å². The van der Waals surface area contributed by atoms with Crippen LogP contribution >= 0.6 is 11.6 Å². The fourth-order valence-electron chi connectivity index (χ4n) is 2.69. The van der Waals surface area contributed by atoms with Crippen molar-refractivity contribution in [3.63, 3.8) is 0 Å². The maximum Gasteiger partial charge on any atom is 0.308 e. The van der Waals surface area contributed by atoms with Crippen LogP contribution in [0.3, 0.4) is 0 Å². The summed E-state index contributed by atoms with van der Waals surface area (Å²) in [7, 11) is 3.20. The molecule has 1 fully saturated rings. The highest BCUT2D eigenvalue weighted by molar-refractivity contribution is 6.30. The van der Waals surface area contributed by atoms with Gasteiger partial charge in [0.1, 0.15) is 12.4 Å². The summed E-state index contributed by atoms with van der Waals surface area (Å²) in [6.07, 6.45) is 1.57. The van der Waals surface area contributed by atoms with Gasteiger partial charge >= 0.3 is 5.97 Å². The van der Waals surface area contributed by atoms with Gasteiger partial charge in [-0.3, -0.25) is 9.79 Å². The van der Waals surface area contributed by atoms with Crippen LogP contribution in [-0.2, 0) is 9.53 Å². The van der Waals surface area contributed by atoms with Crippen LogP contribution < -0.4 is 10.1 Å². The van der Waals surface area contributed by atoms with Gasteiger partial charge in [0, 0.05) is 25.2 Å². The summed E-state index contributed by atoms with van der Waals surface area (Å²) >= 11 is 5.84. The van der Waals surface area contributed by atoms with Crippen LogP contribution in [0.1, 0.15) is 12.8 Å². The van der Waals surface area contributed by atoms with E-state index < -0.39 is 0 Å². The molecule has 0 radical (unpaired) electrons. The van der Waals surface area contributed by atoms with E-state index in [0.717, 1.165) is 37.6 Å². The number of methoxy groups -OCH3 is 1. The predicted octanol–water partition coefficient (Wildman–Crippen LogP) is 2.18. The van der Waals surface area contributed by atoms with Gasteiger partial charge in [-0.15, -0.1) is 0 Å². The SMILES string of the molecule is CN=C(NCCOc1ccc(Cl)cc1)N1CCC(C(=O)OC)CC1. The standard InChI is InChI=1S/C17H24ClN3O3/c1-19-17(21-10-7-13(8-11-21)16(22)23-2)20-9-12-24-15-5-3-14(18)4-6-15/h3-6,13H,7-12H2,1-2H3,(H,19,20). The Kier molecular flexibility index (Phi) is 7.18. The fourth-order valence-corrected chi connectivity index (χ4v) is 2.81. The molecule has 0 spiro atoms. The molecule has 132 valence electrons. The lowest BCUT2D eigenvalue weighted by Crippen LogP contribution is -2.47. The number of nitrogens with one attached hydrogen (secondary N) is 1. The molecular formula is C17H24ClN3O3. The zero-order chi connectivity index (χ0) is 17.4. The quantitative estimate of drug-likeness (QED) is 0.380. The number of likely N-dealkylation sites (tertiary alicyclic amines) is 1. The second kappa shape index (κ2) is 9.37. The molecule has 0 unspecified atom stereocenters. The van der Waals surface area contributed by atoms with E-state index in [1.807, 2.05) is 12.1 Å². The third-order valence-electron chi connectivity index (χ3n) is 4.01.